The standard InChI is InChI=1S/C10H18N2O2S3/c1-8-10(6-9(7-11)16-8)17(13,14)12-4-3-5-15-2/h6,12H,3-5,7,11H2,1-2H3. The van der Waals surface area contributed by atoms with E-state index in [0.29, 0.717) is 18.0 Å². The number of aryl methyl sites for hydroxylation is 1. The van der Waals surface area contributed by atoms with Gasteiger partial charge in [-0.05, 0) is 31.4 Å². The highest BCUT2D eigenvalue weighted by Gasteiger charge is 2.18. The summed E-state index contributed by atoms with van der Waals surface area (Å²) in [4.78, 5) is 2.06. The zero-order valence-electron chi connectivity index (χ0n) is 10.0. The third-order valence-electron chi connectivity index (χ3n) is 2.23. The van der Waals surface area contributed by atoms with Crippen LogP contribution in [0.15, 0.2) is 11.0 Å². The Kier molecular flexibility index (Phi) is 5.94. The Bertz CT molecular complexity index is 454. The summed E-state index contributed by atoms with van der Waals surface area (Å²) in [6.07, 6.45) is 2.85. The molecule has 0 aliphatic heterocycles. The highest BCUT2D eigenvalue weighted by atomic mass is 32.2. The fourth-order valence-corrected chi connectivity index (χ4v) is 4.41. The van der Waals surface area contributed by atoms with Gasteiger partial charge in [-0.1, -0.05) is 0 Å². The molecule has 17 heavy (non-hydrogen) atoms. The lowest BCUT2D eigenvalue weighted by atomic mass is 10.4. The van der Waals surface area contributed by atoms with Gasteiger partial charge in [-0.2, -0.15) is 11.8 Å². The number of hydrogen-bond acceptors (Lipinski definition) is 5. The predicted octanol–water partition coefficient (Wildman–Crippen LogP) is 1.55. The van der Waals surface area contributed by atoms with E-state index in [2.05, 4.69) is 4.72 Å². The first-order valence-corrected chi connectivity index (χ1v) is 8.98. The van der Waals surface area contributed by atoms with Crippen molar-refractivity contribution >= 4 is 33.1 Å². The van der Waals surface area contributed by atoms with Crippen molar-refractivity contribution in [3.63, 3.8) is 0 Å². The van der Waals surface area contributed by atoms with Crippen molar-refractivity contribution in [1.82, 2.24) is 4.72 Å². The predicted molar refractivity (Wildman–Crippen MR) is 75.1 cm³/mol. The number of nitrogens with one attached hydrogen (secondary N) is 1. The zero-order chi connectivity index (χ0) is 12.9. The molecule has 0 fully saturated rings. The Labute approximate surface area is 111 Å². The molecule has 1 heterocycles. The van der Waals surface area contributed by atoms with Crippen LogP contribution in [0.2, 0.25) is 0 Å². The topological polar surface area (TPSA) is 72.2 Å². The summed E-state index contributed by atoms with van der Waals surface area (Å²) in [5.41, 5.74) is 5.51. The monoisotopic (exact) mass is 294 g/mol. The molecule has 0 saturated carbocycles. The summed E-state index contributed by atoms with van der Waals surface area (Å²) in [5.74, 6) is 0.958. The summed E-state index contributed by atoms with van der Waals surface area (Å²) >= 11 is 3.15. The largest absolute Gasteiger partial charge is 0.326 e. The average molecular weight is 294 g/mol. The van der Waals surface area contributed by atoms with E-state index >= 15 is 0 Å². The average Bonchev–Trinajstić information content (AvgIpc) is 2.67. The highest BCUT2D eigenvalue weighted by Crippen LogP contribution is 2.25. The van der Waals surface area contributed by atoms with E-state index in [1.165, 1.54) is 11.3 Å². The van der Waals surface area contributed by atoms with Crippen LogP contribution in [0.1, 0.15) is 16.2 Å². The lowest BCUT2D eigenvalue weighted by molar-refractivity contribution is 0.581. The molecular formula is C10H18N2O2S3. The molecule has 0 aliphatic carbocycles. The van der Waals surface area contributed by atoms with Gasteiger partial charge in [0.05, 0.1) is 4.90 Å². The number of thiophene rings is 1. The Balaban J connectivity index is 2.72. The van der Waals surface area contributed by atoms with Crippen LogP contribution >= 0.6 is 23.1 Å². The van der Waals surface area contributed by atoms with Crippen LogP contribution in [0.5, 0.6) is 0 Å². The van der Waals surface area contributed by atoms with Crippen molar-refractivity contribution in [2.45, 2.75) is 24.8 Å². The van der Waals surface area contributed by atoms with Crippen molar-refractivity contribution in [2.24, 2.45) is 5.73 Å². The fourth-order valence-electron chi connectivity index (χ4n) is 1.39. The summed E-state index contributed by atoms with van der Waals surface area (Å²) < 4.78 is 26.6. The molecule has 4 nitrogen and oxygen atoms in total. The molecular weight excluding hydrogens is 276 g/mol. The molecule has 98 valence electrons. The van der Waals surface area contributed by atoms with Crippen molar-refractivity contribution in [3.05, 3.63) is 15.8 Å². The van der Waals surface area contributed by atoms with Crippen LogP contribution in [-0.2, 0) is 16.6 Å². The third-order valence-corrected chi connectivity index (χ3v) is 5.72. The first-order chi connectivity index (χ1) is 8.01. The molecule has 0 amide bonds. The van der Waals surface area contributed by atoms with Gasteiger partial charge in [0.2, 0.25) is 10.0 Å². The quantitative estimate of drug-likeness (QED) is 0.748. The van der Waals surface area contributed by atoms with Crippen LogP contribution < -0.4 is 10.5 Å². The smallest absolute Gasteiger partial charge is 0.241 e. The lowest BCUT2D eigenvalue weighted by Gasteiger charge is -2.05. The van der Waals surface area contributed by atoms with Crippen LogP contribution in [0.4, 0.5) is 0 Å². The molecule has 0 aliphatic rings. The van der Waals surface area contributed by atoms with Gasteiger partial charge in [0.1, 0.15) is 0 Å². The van der Waals surface area contributed by atoms with Gasteiger partial charge in [-0.3, -0.25) is 0 Å². The lowest BCUT2D eigenvalue weighted by Crippen LogP contribution is -2.25. The Hall–Kier alpha value is -0.0800. The second kappa shape index (κ2) is 6.75. The molecule has 1 rings (SSSR count). The summed E-state index contributed by atoms with van der Waals surface area (Å²) in [5, 5.41) is 0. The van der Waals surface area contributed by atoms with E-state index < -0.39 is 10.0 Å². The molecule has 0 bridgehead atoms. The third kappa shape index (κ3) is 4.26. The van der Waals surface area contributed by atoms with Gasteiger partial charge in [0.15, 0.2) is 0 Å². The second-order valence-corrected chi connectivity index (χ2v) is 7.64. The SMILES string of the molecule is CSCCCNS(=O)(=O)c1cc(CN)sc1C. The van der Waals surface area contributed by atoms with Crippen LogP contribution in [0, 0.1) is 6.92 Å². The summed E-state index contributed by atoms with van der Waals surface area (Å²) in [7, 11) is -3.37. The van der Waals surface area contributed by atoms with Crippen molar-refractivity contribution in [2.75, 3.05) is 18.6 Å². The second-order valence-electron chi connectivity index (χ2n) is 3.58. The number of rotatable bonds is 7. The van der Waals surface area contributed by atoms with Gasteiger partial charge in [0.25, 0.3) is 0 Å². The summed E-state index contributed by atoms with van der Waals surface area (Å²) in [6, 6.07) is 1.66. The summed E-state index contributed by atoms with van der Waals surface area (Å²) in [6.45, 7) is 2.67. The number of hydrogen-bond donors (Lipinski definition) is 2. The molecule has 0 atom stereocenters. The molecule has 0 spiro atoms. The van der Waals surface area contributed by atoms with Gasteiger partial charge < -0.3 is 5.73 Å². The molecule has 1 aromatic rings. The zero-order valence-corrected chi connectivity index (χ0v) is 12.5. The van der Waals surface area contributed by atoms with E-state index in [4.69, 9.17) is 5.73 Å². The van der Waals surface area contributed by atoms with Crippen LogP contribution in [0.3, 0.4) is 0 Å². The van der Waals surface area contributed by atoms with Gasteiger partial charge >= 0.3 is 0 Å². The maximum Gasteiger partial charge on any atom is 0.241 e. The van der Waals surface area contributed by atoms with E-state index in [1.54, 1.807) is 24.8 Å². The minimum Gasteiger partial charge on any atom is -0.326 e. The number of thioether (sulfide) groups is 1. The Morgan fingerprint density at radius 1 is 1.53 bits per heavy atom. The first-order valence-electron chi connectivity index (χ1n) is 5.29. The molecule has 0 unspecified atom stereocenters. The van der Waals surface area contributed by atoms with E-state index in [9.17, 15) is 8.42 Å². The molecule has 3 N–H and O–H groups in total. The van der Waals surface area contributed by atoms with Gasteiger partial charge in [0, 0.05) is 22.8 Å². The molecule has 7 heteroatoms. The normalized spacial score (nSPS) is 11.9. The van der Waals surface area contributed by atoms with Crippen LogP contribution in [-0.4, -0.2) is 27.0 Å². The van der Waals surface area contributed by atoms with E-state index in [1.807, 2.05) is 6.26 Å². The van der Waals surface area contributed by atoms with E-state index in [-0.39, 0.29) is 0 Å². The highest BCUT2D eigenvalue weighted by molar-refractivity contribution is 7.98. The maximum atomic E-state index is 12.0. The van der Waals surface area contributed by atoms with Crippen molar-refractivity contribution in [1.29, 1.82) is 0 Å². The maximum absolute atomic E-state index is 12.0. The molecule has 0 radical (unpaired) electrons. The van der Waals surface area contributed by atoms with Gasteiger partial charge in [-0.15, -0.1) is 11.3 Å². The first kappa shape index (κ1) is 15.0. The number of nitrogens with two attached hydrogens (primary N) is 1. The molecule has 0 aromatic carbocycles. The Morgan fingerprint density at radius 2 is 2.24 bits per heavy atom. The Morgan fingerprint density at radius 3 is 2.76 bits per heavy atom. The van der Waals surface area contributed by atoms with Crippen molar-refractivity contribution < 1.29 is 8.42 Å². The van der Waals surface area contributed by atoms with Gasteiger partial charge in [-0.25, -0.2) is 13.1 Å². The molecule has 0 saturated heterocycles. The van der Waals surface area contributed by atoms with Crippen molar-refractivity contribution in [3.8, 4) is 0 Å². The fraction of sp³-hybridized carbons (Fsp3) is 0.600. The van der Waals surface area contributed by atoms with Crippen LogP contribution in [0.25, 0.3) is 0 Å². The minimum absolute atomic E-state index is 0.368. The minimum atomic E-state index is -3.37. The van der Waals surface area contributed by atoms with E-state index in [0.717, 1.165) is 21.9 Å². The number of sulfonamides is 1. The molecule has 1 aromatic heterocycles.